The molecule has 2 aromatic rings. The average molecular weight is 353 g/mol. The highest BCUT2D eigenvalue weighted by molar-refractivity contribution is 5.87. The Bertz CT molecular complexity index is 816. The molecule has 3 rings (SSSR count). The first-order valence-electron chi connectivity index (χ1n) is 7.47. The van der Waals surface area contributed by atoms with Crippen molar-refractivity contribution in [2.45, 2.75) is 31.1 Å². The summed E-state index contributed by atoms with van der Waals surface area (Å²) >= 11 is 0. The van der Waals surface area contributed by atoms with Crippen LogP contribution in [0, 0.1) is 0 Å². The van der Waals surface area contributed by atoms with Crippen molar-refractivity contribution in [3.8, 4) is 0 Å². The molecule has 1 aromatic carbocycles. The predicted molar refractivity (Wildman–Crippen MR) is 79.9 cm³/mol. The lowest BCUT2D eigenvalue weighted by atomic mass is 10.0. The first-order valence-corrected chi connectivity index (χ1v) is 7.47. The Hall–Kier alpha value is -2.84. The number of hydrogen-bond donors (Lipinski definition) is 2. The number of benzene rings is 1. The predicted octanol–water partition coefficient (Wildman–Crippen LogP) is 2.27. The van der Waals surface area contributed by atoms with E-state index in [2.05, 4.69) is 10.4 Å². The van der Waals surface area contributed by atoms with Gasteiger partial charge in [-0.05, 0) is 18.1 Å². The Kier molecular flexibility index (Phi) is 4.23. The number of alkyl halides is 3. The summed E-state index contributed by atoms with van der Waals surface area (Å²) in [6, 6.07) is 4.96. The van der Waals surface area contributed by atoms with Gasteiger partial charge in [0.2, 0.25) is 5.91 Å². The number of amides is 1. The standard InChI is InChI=1S/C16H14F3N3O3/c17-16(18,19)12-4-2-1-3-10(12)11-5-13(11)21-14(23)8-22-7-9(6-20-22)15(24)25/h1-4,6-7,11,13H,5,8H2,(H,21,23)(H,24,25). The molecule has 6 nitrogen and oxygen atoms in total. The van der Waals surface area contributed by atoms with Crippen LogP contribution in [0.15, 0.2) is 36.7 Å². The molecular weight excluding hydrogens is 339 g/mol. The minimum absolute atomic E-state index is 0.0452. The SMILES string of the molecule is O=C(Cn1cc(C(=O)O)cn1)NC1CC1c1ccccc1C(F)(F)F. The average Bonchev–Trinajstić information content (AvgIpc) is 3.12. The van der Waals surface area contributed by atoms with E-state index in [0.29, 0.717) is 6.42 Å². The van der Waals surface area contributed by atoms with Gasteiger partial charge in [0, 0.05) is 18.2 Å². The first kappa shape index (κ1) is 17.0. The van der Waals surface area contributed by atoms with Gasteiger partial charge < -0.3 is 10.4 Å². The van der Waals surface area contributed by atoms with Gasteiger partial charge in [-0.25, -0.2) is 4.79 Å². The van der Waals surface area contributed by atoms with Gasteiger partial charge in [0.05, 0.1) is 17.3 Å². The Labute approximate surface area is 140 Å². The molecule has 1 saturated carbocycles. The topological polar surface area (TPSA) is 84.2 Å². The van der Waals surface area contributed by atoms with Crippen LogP contribution >= 0.6 is 0 Å². The largest absolute Gasteiger partial charge is 0.478 e. The van der Waals surface area contributed by atoms with E-state index >= 15 is 0 Å². The third kappa shape index (κ3) is 3.81. The van der Waals surface area contributed by atoms with Gasteiger partial charge in [0.1, 0.15) is 6.54 Å². The van der Waals surface area contributed by atoms with Crippen molar-refractivity contribution in [3.05, 3.63) is 53.3 Å². The summed E-state index contributed by atoms with van der Waals surface area (Å²) in [6.45, 7) is -0.197. The second-order valence-electron chi connectivity index (χ2n) is 5.83. The number of nitrogens with one attached hydrogen (secondary N) is 1. The molecule has 2 atom stereocenters. The molecule has 2 N–H and O–H groups in total. The zero-order valence-corrected chi connectivity index (χ0v) is 12.8. The summed E-state index contributed by atoms with van der Waals surface area (Å²) in [5.74, 6) is -1.97. The smallest absolute Gasteiger partial charge is 0.416 e. The molecule has 1 aliphatic rings. The molecule has 0 saturated heterocycles. The van der Waals surface area contributed by atoms with Gasteiger partial charge in [-0.3, -0.25) is 9.48 Å². The second-order valence-corrected chi connectivity index (χ2v) is 5.83. The van der Waals surface area contributed by atoms with Crippen LogP contribution in [0.4, 0.5) is 13.2 Å². The number of rotatable bonds is 5. The molecule has 0 bridgehead atoms. The van der Waals surface area contributed by atoms with Crippen molar-refractivity contribution < 1.29 is 27.9 Å². The Morgan fingerprint density at radius 1 is 1.32 bits per heavy atom. The highest BCUT2D eigenvalue weighted by Crippen LogP contribution is 2.46. The van der Waals surface area contributed by atoms with Crippen molar-refractivity contribution in [1.82, 2.24) is 15.1 Å². The third-order valence-corrected chi connectivity index (χ3v) is 3.99. The van der Waals surface area contributed by atoms with Gasteiger partial charge in [0.25, 0.3) is 0 Å². The molecule has 0 aliphatic heterocycles. The maximum atomic E-state index is 13.0. The molecule has 1 amide bonds. The molecular formula is C16H14F3N3O3. The van der Waals surface area contributed by atoms with E-state index in [1.54, 1.807) is 6.07 Å². The van der Waals surface area contributed by atoms with Crippen molar-refractivity contribution >= 4 is 11.9 Å². The minimum atomic E-state index is -4.43. The Morgan fingerprint density at radius 3 is 2.68 bits per heavy atom. The summed E-state index contributed by atoms with van der Waals surface area (Å²) in [4.78, 5) is 22.7. The van der Waals surface area contributed by atoms with E-state index in [9.17, 15) is 22.8 Å². The zero-order chi connectivity index (χ0) is 18.2. The first-order chi connectivity index (χ1) is 11.8. The van der Waals surface area contributed by atoms with Gasteiger partial charge in [-0.2, -0.15) is 18.3 Å². The van der Waals surface area contributed by atoms with Gasteiger partial charge in [-0.15, -0.1) is 0 Å². The lowest BCUT2D eigenvalue weighted by Crippen LogP contribution is -2.30. The van der Waals surface area contributed by atoms with Gasteiger partial charge in [-0.1, -0.05) is 18.2 Å². The highest BCUT2D eigenvalue weighted by atomic mass is 19.4. The van der Waals surface area contributed by atoms with E-state index in [-0.39, 0.29) is 29.6 Å². The number of nitrogens with zero attached hydrogens (tertiary/aromatic N) is 2. The maximum absolute atomic E-state index is 13.0. The van der Waals surface area contributed by atoms with Crippen LogP contribution in [-0.2, 0) is 17.5 Å². The Morgan fingerprint density at radius 2 is 2.04 bits per heavy atom. The van der Waals surface area contributed by atoms with Gasteiger partial charge >= 0.3 is 12.1 Å². The molecule has 1 aromatic heterocycles. The number of hydrogen-bond acceptors (Lipinski definition) is 3. The molecule has 1 fully saturated rings. The maximum Gasteiger partial charge on any atom is 0.416 e. The monoisotopic (exact) mass is 353 g/mol. The molecule has 2 unspecified atom stereocenters. The van der Waals surface area contributed by atoms with Crippen molar-refractivity contribution in [2.75, 3.05) is 0 Å². The lowest BCUT2D eigenvalue weighted by molar-refractivity contribution is -0.138. The van der Waals surface area contributed by atoms with Crippen LogP contribution in [0.5, 0.6) is 0 Å². The fraction of sp³-hybridized carbons (Fsp3) is 0.312. The zero-order valence-electron chi connectivity index (χ0n) is 12.8. The number of carboxylic acid groups (broad SMARTS) is 1. The number of carbonyl (C=O) groups excluding carboxylic acids is 1. The van der Waals surface area contributed by atoms with Crippen LogP contribution in [0.3, 0.4) is 0 Å². The normalized spacial score (nSPS) is 19.5. The summed E-state index contributed by atoms with van der Waals surface area (Å²) in [5, 5.41) is 15.2. The number of halogens is 3. The van der Waals surface area contributed by atoms with E-state index in [1.165, 1.54) is 23.0 Å². The lowest BCUT2D eigenvalue weighted by Gasteiger charge is -2.12. The molecule has 1 aliphatic carbocycles. The summed E-state index contributed by atoms with van der Waals surface area (Å²) in [6.07, 6.45) is -1.67. The van der Waals surface area contributed by atoms with Gasteiger partial charge in [0.15, 0.2) is 0 Å². The highest BCUT2D eigenvalue weighted by Gasteiger charge is 2.44. The quantitative estimate of drug-likeness (QED) is 0.864. The molecule has 1 heterocycles. The van der Waals surface area contributed by atoms with Crippen LogP contribution in [0.25, 0.3) is 0 Å². The van der Waals surface area contributed by atoms with Crippen LogP contribution in [0.2, 0.25) is 0 Å². The van der Waals surface area contributed by atoms with Crippen molar-refractivity contribution in [1.29, 1.82) is 0 Å². The molecule has 0 radical (unpaired) electrons. The number of carboxylic acids is 1. The van der Waals surface area contributed by atoms with E-state index < -0.39 is 23.6 Å². The molecule has 25 heavy (non-hydrogen) atoms. The molecule has 0 spiro atoms. The number of aromatic carboxylic acids is 1. The molecule has 132 valence electrons. The summed E-state index contributed by atoms with van der Waals surface area (Å²) in [5.41, 5.74) is -0.557. The molecule has 9 heteroatoms. The van der Waals surface area contributed by atoms with Crippen molar-refractivity contribution in [2.24, 2.45) is 0 Å². The van der Waals surface area contributed by atoms with Crippen molar-refractivity contribution in [3.63, 3.8) is 0 Å². The third-order valence-electron chi connectivity index (χ3n) is 3.99. The number of aromatic nitrogens is 2. The summed E-state index contributed by atoms with van der Waals surface area (Å²) < 4.78 is 40.3. The minimum Gasteiger partial charge on any atom is -0.478 e. The van der Waals surface area contributed by atoms with Crippen LogP contribution < -0.4 is 5.32 Å². The summed E-state index contributed by atoms with van der Waals surface area (Å²) in [7, 11) is 0. The van der Waals surface area contributed by atoms with E-state index in [4.69, 9.17) is 5.11 Å². The fourth-order valence-corrected chi connectivity index (χ4v) is 2.74. The Balaban J connectivity index is 1.61. The van der Waals surface area contributed by atoms with E-state index in [1.807, 2.05) is 0 Å². The number of carbonyl (C=O) groups is 2. The fourth-order valence-electron chi connectivity index (χ4n) is 2.74. The van der Waals surface area contributed by atoms with Crippen LogP contribution in [0.1, 0.15) is 33.8 Å². The van der Waals surface area contributed by atoms with E-state index in [0.717, 1.165) is 12.3 Å². The van der Waals surface area contributed by atoms with Crippen LogP contribution in [-0.4, -0.2) is 32.8 Å². The second kappa shape index (κ2) is 6.23.